The van der Waals surface area contributed by atoms with E-state index in [-0.39, 0.29) is 23.2 Å². The highest BCUT2D eigenvalue weighted by Crippen LogP contribution is 2.02. The molecule has 1 saturated heterocycles. The third-order valence-corrected chi connectivity index (χ3v) is 4.33. The fourth-order valence-electron chi connectivity index (χ4n) is 2.80. The van der Waals surface area contributed by atoms with Crippen LogP contribution in [0.15, 0.2) is 48.5 Å². The molecule has 0 spiro atoms. The van der Waals surface area contributed by atoms with Gasteiger partial charge in [0.25, 0.3) is 11.8 Å². The van der Waals surface area contributed by atoms with Crippen molar-refractivity contribution in [1.82, 2.24) is 20.5 Å². The van der Waals surface area contributed by atoms with Crippen LogP contribution in [0.5, 0.6) is 0 Å². The fraction of sp³-hybridized carbons (Fsp3) is 0.350. The number of ether oxygens (including phenoxy) is 1. The van der Waals surface area contributed by atoms with Crippen molar-refractivity contribution in [3.05, 3.63) is 65.5 Å². The van der Waals surface area contributed by atoms with Gasteiger partial charge in [-0.3, -0.25) is 14.5 Å². The Labute approximate surface area is 158 Å². The summed E-state index contributed by atoms with van der Waals surface area (Å²) in [5, 5.41) is 5.67. The van der Waals surface area contributed by atoms with E-state index in [0.717, 1.165) is 38.4 Å². The predicted molar refractivity (Wildman–Crippen MR) is 101 cm³/mol. The second-order valence-corrected chi connectivity index (χ2v) is 6.29. The van der Waals surface area contributed by atoms with Crippen molar-refractivity contribution in [2.24, 2.45) is 0 Å². The molecule has 0 saturated carbocycles. The van der Waals surface area contributed by atoms with E-state index in [1.165, 1.54) is 0 Å². The Hall–Kier alpha value is -2.77. The number of carbonyl (C=O) groups excluding carboxylic acids is 2. The summed E-state index contributed by atoms with van der Waals surface area (Å²) in [4.78, 5) is 31.0. The van der Waals surface area contributed by atoms with Crippen LogP contribution in [0.25, 0.3) is 0 Å². The number of hydrogen-bond donors (Lipinski definition) is 2. The summed E-state index contributed by atoms with van der Waals surface area (Å²) in [6, 6.07) is 14.5. The monoisotopic (exact) mass is 368 g/mol. The molecule has 0 radical (unpaired) electrons. The van der Waals surface area contributed by atoms with E-state index < -0.39 is 0 Å². The van der Waals surface area contributed by atoms with Gasteiger partial charge in [-0.15, -0.1) is 0 Å². The first kappa shape index (κ1) is 19.0. The van der Waals surface area contributed by atoms with E-state index in [2.05, 4.69) is 20.5 Å². The lowest BCUT2D eigenvalue weighted by Gasteiger charge is -2.26. The van der Waals surface area contributed by atoms with Gasteiger partial charge in [0.1, 0.15) is 11.4 Å². The molecule has 7 nitrogen and oxygen atoms in total. The summed E-state index contributed by atoms with van der Waals surface area (Å²) in [6.45, 7) is 4.94. The van der Waals surface area contributed by atoms with E-state index >= 15 is 0 Å². The van der Waals surface area contributed by atoms with Gasteiger partial charge in [0.2, 0.25) is 0 Å². The molecular weight excluding hydrogens is 344 g/mol. The van der Waals surface area contributed by atoms with Crippen LogP contribution in [0.1, 0.15) is 26.5 Å². The van der Waals surface area contributed by atoms with Crippen molar-refractivity contribution < 1.29 is 14.3 Å². The molecule has 3 rings (SSSR count). The van der Waals surface area contributed by atoms with Crippen LogP contribution < -0.4 is 10.6 Å². The van der Waals surface area contributed by atoms with Crippen LogP contribution in [-0.2, 0) is 11.3 Å². The van der Waals surface area contributed by atoms with Crippen molar-refractivity contribution in [2.45, 2.75) is 6.54 Å². The lowest BCUT2D eigenvalue weighted by molar-refractivity contribution is 0.0383. The summed E-state index contributed by atoms with van der Waals surface area (Å²) in [5.41, 5.74) is 1.47. The molecule has 2 N–H and O–H groups in total. The molecule has 1 aliphatic heterocycles. The van der Waals surface area contributed by atoms with Gasteiger partial charge in [0.05, 0.1) is 13.2 Å². The van der Waals surface area contributed by atoms with Crippen molar-refractivity contribution in [1.29, 1.82) is 0 Å². The van der Waals surface area contributed by atoms with Crippen LogP contribution in [0.2, 0.25) is 0 Å². The highest BCUT2D eigenvalue weighted by molar-refractivity contribution is 5.96. The second kappa shape index (κ2) is 9.80. The van der Waals surface area contributed by atoms with Gasteiger partial charge in [0, 0.05) is 32.7 Å². The molecule has 7 heteroatoms. The topological polar surface area (TPSA) is 83.6 Å². The number of amides is 2. The molecule has 0 aliphatic carbocycles. The Morgan fingerprint density at radius 2 is 1.59 bits per heavy atom. The summed E-state index contributed by atoms with van der Waals surface area (Å²) >= 11 is 0. The van der Waals surface area contributed by atoms with E-state index in [4.69, 9.17) is 4.74 Å². The first-order valence-electron chi connectivity index (χ1n) is 9.10. The predicted octanol–water partition coefficient (Wildman–Crippen LogP) is 1.07. The highest BCUT2D eigenvalue weighted by Gasteiger charge is 2.13. The van der Waals surface area contributed by atoms with Crippen LogP contribution in [0.3, 0.4) is 0 Å². The standard InChI is InChI=1S/C20H24N4O3/c25-19(21-9-10-24-11-13-27-14-12-24)17-7-4-8-18(23-17)20(26)22-15-16-5-2-1-3-6-16/h1-8H,9-15H2,(H,21,25)(H,22,26). The molecule has 0 atom stereocenters. The molecule has 1 aliphatic rings. The zero-order valence-corrected chi connectivity index (χ0v) is 15.2. The van der Waals surface area contributed by atoms with Gasteiger partial charge >= 0.3 is 0 Å². The summed E-state index contributed by atoms with van der Waals surface area (Å²) < 4.78 is 5.30. The SMILES string of the molecule is O=C(NCCN1CCOCC1)c1cccc(C(=O)NCc2ccccc2)n1. The average molecular weight is 368 g/mol. The van der Waals surface area contributed by atoms with Crippen molar-refractivity contribution in [3.8, 4) is 0 Å². The Morgan fingerprint density at radius 1 is 0.926 bits per heavy atom. The number of hydrogen-bond acceptors (Lipinski definition) is 5. The molecule has 1 aromatic carbocycles. The zero-order chi connectivity index (χ0) is 18.9. The largest absolute Gasteiger partial charge is 0.379 e. The first-order valence-corrected chi connectivity index (χ1v) is 9.10. The van der Waals surface area contributed by atoms with Crippen molar-refractivity contribution in [2.75, 3.05) is 39.4 Å². The Bertz CT molecular complexity index is 761. The van der Waals surface area contributed by atoms with E-state index in [9.17, 15) is 9.59 Å². The number of aromatic nitrogens is 1. The van der Waals surface area contributed by atoms with Gasteiger partial charge in [-0.1, -0.05) is 36.4 Å². The molecule has 0 unspecified atom stereocenters. The number of rotatable bonds is 7. The fourth-order valence-corrected chi connectivity index (χ4v) is 2.80. The molecule has 2 aromatic rings. The Kier molecular flexibility index (Phi) is 6.90. The number of morpholine rings is 1. The maximum atomic E-state index is 12.3. The number of carbonyl (C=O) groups is 2. The third kappa shape index (κ3) is 5.87. The minimum atomic E-state index is -0.304. The maximum absolute atomic E-state index is 12.3. The van der Waals surface area contributed by atoms with Crippen LogP contribution in [0, 0.1) is 0 Å². The van der Waals surface area contributed by atoms with Crippen molar-refractivity contribution in [3.63, 3.8) is 0 Å². The normalized spacial score (nSPS) is 14.5. The quantitative estimate of drug-likeness (QED) is 0.764. The molecular formula is C20H24N4O3. The number of pyridine rings is 1. The maximum Gasteiger partial charge on any atom is 0.270 e. The first-order chi connectivity index (χ1) is 13.2. The second-order valence-electron chi connectivity index (χ2n) is 6.29. The molecule has 1 fully saturated rings. The molecule has 1 aromatic heterocycles. The lowest BCUT2D eigenvalue weighted by atomic mass is 10.2. The van der Waals surface area contributed by atoms with E-state index in [1.54, 1.807) is 18.2 Å². The molecule has 2 amide bonds. The third-order valence-electron chi connectivity index (χ3n) is 4.33. The van der Waals surface area contributed by atoms with Gasteiger partial charge in [-0.05, 0) is 17.7 Å². The summed E-state index contributed by atoms with van der Waals surface area (Å²) in [5.74, 6) is -0.581. The minimum Gasteiger partial charge on any atom is -0.379 e. The zero-order valence-electron chi connectivity index (χ0n) is 15.2. The van der Waals surface area contributed by atoms with Gasteiger partial charge in [0.15, 0.2) is 0 Å². The van der Waals surface area contributed by atoms with Gasteiger partial charge < -0.3 is 15.4 Å². The number of nitrogens with zero attached hydrogens (tertiary/aromatic N) is 2. The minimum absolute atomic E-state index is 0.228. The average Bonchev–Trinajstić information content (AvgIpc) is 2.73. The smallest absolute Gasteiger partial charge is 0.270 e. The van der Waals surface area contributed by atoms with Crippen LogP contribution in [0.4, 0.5) is 0 Å². The Morgan fingerprint density at radius 3 is 2.30 bits per heavy atom. The van der Waals surface area contributed by atoms with Crippen LogP contribution in [-0.4, -0.2) is 61.1 Å². The summed E-state index contributed by atoms with van der Waals surface area (Å²) in [7, 11) is 0. The van der Waals surface area contributed by atoms with Crippen LogP contribution >= 0.6 is 0 Å². The van der Waals surface area contributed by atoms with Gasteiger partial charge in [-0.2, -0.15) is 0 Å². The van der Waals surface area contributed by atoms with Gasteiger partial charge in [-0.25, -0.2) is 4.98 Å². The Balaban J connectivity index is 1.49. The van der Waals surface area contributed by atoms with E-state index in [0.29, 0.717) is 13.1 Å². The van der Waals surface area contributed by atoms with Crippen molar-refractivity contribution >= 4 is 11.8 Å². The molecule has 142 valence electrons. The molecule has 27 heavy (non-hydrogen) atoms. The molecule has 0 bridgehead atoms. The number of nitrogens with one attached hydrogen (secondary N) is 2. The highest BCUT2D eigenvalue weighted by atomic mass is 16.5. The summed E-state index contributed by atoms with van der Waals surface area (Å²) in [6.07, 6.45) is 0. The van der Waals surface area contributed by atoms with E-state index in [1.807, 2.05) is 30.3 Å². The lowest BCUT2D eigenvalue weighted by Crippen LogP contribution is -2.41. The molecule has 2 heterocycles. The number of benzene rings is 1.